The first-order chi connectivity index (χ1) is 49.0. The minimum atomic E-state index is -1.46. The maximum absolute atomic E-state index is 14.6. The van der Waals surface area contributed by atoms with Gasteiger partial charge < -0.3 is 62.2 Å². The number of hydrogen-bond acceptors (Lipinski definition) is 26. The molecule has 12 rings (SSSR count). The number of amides is 7. The van der Waals surface area contributed by atoms with E-state index in [9.17, 15) is 68.7 Å². The molecule has 7 atom stereocenters. The van der Waals surface area contributed by atoms with Crippen LogP contribution in [0.2, 0.25) is 0 Å². The van der Waals surface area contributed by atoms with Gasteiger partial charge in [-0.1, -0.05) is 49.4 Å². The van der Waals surface area contributed by atoms with Gasteiger partial charge >= 0.3 is 18.0 Å². The monoisotopic (exact) mass is 1500 g/mol. The maximum atomic E-state index is 14.6. The second-order valence-corrected chi connectivity index (χ2v) is 30.1. The number of aryl methyl sites for hydroxylation is 1. The number of rotatable bonds is 15. The Morgan fingerprint density at radius 1 is 0.686 bits per heavy atom. The van der Waals surface area contributed by atoms with Crippen molar-refractivity contribution in [2.24, 2.45) is 17.6 Å². The molecule has 3 aliphatic rings. The van der Waals surface area contributed by atoms with Crippen molar-refractivity contribution in [3.05, 3.63) is 142 Å². The number of aliphatic hydroxyl groups excluding tert-OH is 2. The second-order valence-electron chi connectivity index (χ2n) is 24.5. The molecule has 1 saturated carbocycles. The molecule has 2 fully saturated rings. The Morgan fingerprint density at radius 3 is 2.08 bits per heavy atom. The van der Waals surface area contributed by atoms with E-state index in [1.165, 1.54) is 55.4 Å². The van der Waals surface area contributed by atoms with Crippen LogP contribution in [0, 0.1) is 18.8 Å². The number of nitrogens with zero attached hydrogens (tertiary/aromatic N) is 9. The van der Waals surface area contributed by atoms with E-state index in [-0.39, 0.29) is 83.1 Å². The Hall–Kier alpha value is -9.88. The zero-order valence-corrected chi connectivity index (χ0v) is 59.2. The van der Waals surface area contributed by atoms with E-state index in [0.29, 0.717) is 84.4 Å². The summed E-state index contributed by atoms with van der Waals surface area (Å²) in [6, 6.07) is 13.1. The number of nitrogens with two attached hydrogens (primary N) is 1. The fourth-order valence-corrected chi connectivity index (χ4v) is 17.3. The standard InChI is InChI=1S/C67H66N14O15S6/c1-31-46(83)25-81-49(85)24-69-56(89)40(22-33-11-15-36(82)16-12-33)71-57(90)44-28-99-64(75-44)53(55(88)34-8-4-3-5-9-34)78-59(92)51-32(2)102-63(79-51)41(23-47(68)84)72-58(91)43-27-97-60(74-43)38-19-20-39(70-52(38)42-26-98-62(73-42)45-29-100-65(76-45)54(31)81)61-77-48(30-101-61)80(21-7-6-10-50(86)87)67(95)96-37-17-13-35(14-18-37)66(93)94/h3-5,8-9,11-12,15-16,19-20,26-31,35,37,40-41,46,53-55,82-83,88H,6-7,10,13-14,17-18,21-25H2,1-2H3,(H2,68,84)(H,69,89)(H,71,90)(H,72,91)(H,78,92)(H,86,87)(H,93,94)/t31-,35?,37?,40-,41-,46-,53-,54-,55+/m0/s1. The van der Waals surface area contributed by atoms with E-state index >= 15 is 0 Å². The van der Waals surface area contributed by atoms with Gasteiger partial charge in [0, 0.05) is 69.2 Å². The highest BCUT2D eigenvalue weighted by Crippen LogP contribution is 2.43. The number of carboxylic acid groups (broad SMARTS) is 2. The van der Waals surface area contributed by atoms with Crippen molar-refractivity contribution in [3.8, 4) is 49.1 Å². The third kappa shape index (κ3) is 16.5. The molecule has 9 heterocycles. The molecule has 9 aromatic rings. The minimum absolute atomic E-state index is 0.0445. The quantitative estimate of drug-likeness (QED) is 0.0432. The number of primary amides is 1. The molecule has 102 heavy (non-hydrogen) atoms. The van der Waals surface area contributed by atoms with Gasteiger partial charge in [-0.25, -0.2) is 39.7 Å². The van der Waals surface area contributed by atoms with Gasteiger partial charge in [0.15, 0.2) is 0 Å². The van der Waals surface area contributed by atoms with Gasteiger partial charge in [-0.15, -0.1) is 68.0 Å². The smallest absolute Gasteiger partial charge is 0.415 e. The zero-order chi connectivity index (χ0) is 72.0. The summed E-state index contributed by atoms with van der Waals surface area (Å²) in [5, 5.41) is 73.3. The number of carbonyl (C=O) groups is 9. The molecule has 7 aromatic heterocycles. The average molecular weight is 1500 g/mol. The van der Waals surface area contributed by atoms with Crippen molar-refractivity contribution >= 4 is 127 Å². The molecule has 29 nitrogen and oxygen atoms in total. The van der Waals surface area contributed by atoms with Crippen LogP contribution in [0.5, 0.6) is 5.75 Å². The number of unbranched alkanes of at least 4 members (excludes halogenated alkanes) is 1. The van der Waals surface area contributed by atoms with Crippen LogP contribution in [0.3, 0.4) is 0 Å². The average Bonchev–Trinajstić information content (AvgIpc) is 1.62. The van der Waals surface area contributed by atoms with E-state index in [1.54, 1.807) is 84.6 Å². The van der Waals surface area contributed by atoms with Crippen LogP contribution in [-0.4, -0.2) is 157 Å². The van der Waals surface area contributed by atoms with E-state index in [1.807, 2.05) is 0 Å². The van der Waals surface area contributed by atoms with Crippen molar-refractivity contribution in [3.63, 3.8) is 0 Å². The third-order valence-corrected chi connectivity index (χ3v) is 23.0. The fourth-order valence-electron chi connectivity index (χ4n) is 12.0. The summed E-state index contributed by atoms with van der Waals surface area (Å²) in [6.45, 7) is 2.77. The van der Waals surface area contributed by atoms with Crippen molar-refractivity contribution < 1.29 is 73.4 Å². The van der Waals surface area contributed by atoms with Crippen LogP contribution < -0.4 is 31.9 Å². The van der Waals surface area contributed by atoms with Crippen molar-refractivity contribution in [1.82, 2.24) is 61.1 Å². The van der Waals surface area contributed by atoms with Gasteiger partial charge in [0.2, 0.25) is 17.7 Å². The number of thiazole rings is 6. The molecule has 11 N–H and O–H groups in total. The first kappa shape index (κ1) is 71.9. The molecule has 35 heteroatoms. The normalized spacial score (nSPS) is 20.8. The number of aromatic nitrogens is 7. The summed E-state index contributed by atoms with van der Waals surface area (Å²) < 4.78 is 5.93. The van der Waals surface area contributed by atoms with E-state index < -0.39 is 121 Å². The Balaban J connectivity index is 0.907. The highest BCUT2D eigenvalue weighted by atomic mass is 32.1. The summed E-state index contributed by atoms with van der Waals surface area (Å²) >= 11 is 6.66. The SMILES string of the molecule is Cc1sc2nc1C(=O)N[C@@H]([C@H](O)c1ccccc1)c1nc(cs1)C(=O)N[C@@H](Cc1ccc(O)cc1)C(=O)NCC(=O)N1C[C@H](O)[C@H](C)[C@H]1c1nc(cs1)-c1nc(cs1)-c1nc(-c3nc(N(CCCCC(=O)O)C(=O)OC4CCC(C(=O)O)CC4)cs3)ccc1-c1nc(cs1)C(=O)N[C@H]2CC(N)=O. The van der Waals surface area contributed by atoms with Gasteiger partial charge in [0.05, 0.1) is 42.8 Å². The van der Waals surface area contributed by atoms with Gasteiger partial charge in [-0.05, 0) is 80.8 Å². The van der Waals surface area contributed by atoms with E-state index in [0.717, 1.165) is 45.3 Å². The lowest BCUT2D eigenvalue weighted by Crippen LogP contribution is -2.50. The zero-order valence-electron chi connectivity index (χ0n) is 54.3. The lowest BCUT2D eigenvalue weighted by atomic mass is 9.87. The number of hydrogen-bond donors (Lipinski definition) is 10. The van der Waals surface area contributed by atoms with Crippen LogP contribution >= 0.6 is 68.0 Å². The number of phenols is 1. The van der Waals surface area contributed by atoms with Crippen LogP contribution in [0.1, 0.15) is 145 Å². The summed E-state index contributed by atoms with van der Waals surface area (Å²) in [5.41, 5.74) is 8.06. The lowest BCUT2D eigenvalue weighted by molar-refractivity contribution is -0.143. The third-order valence-electron chi connectivity index (χ3n) is 17.5. The number of anilines is 1. The van der Waals surface area contributed by atoms with E-state index in [4.69, 9.17) is 35.4 Å². The highest BCUT2D eigenvalue weighted by Gasteiger charge is 2.44. The van der Waals surface area contributed by atoms with Gasteiger partial charge in [0.1, 0.15) is 100 Å². The summed E-state index contributed by atoms with van der Waals surface area (Å²) in [4.78, 5) is 159. The van der Waals surface area contributed by atoms with Crippen molar-refractivity contribution in [2.45, 2.75) is 114 Å². The fraction of sp³-hybridized carbons (Fsp3) is 0.343. The summed E-state index contributed by atoms with van der Waals surface area (Å²) in [7, 11) is 0. The van der Waals surface area contributed by atoms with Crippen molar-refractivity contribution in [2.75, 3.05) is 24.5 Å². The Bertz CT molecular complexity index is 4620. The number of ether oxygens (including phenoxy) is 1. The van der Waals surface area contributed by atoms with Crippen LogP contribution in [0.25, 0.3) is 43.4 Å². The predicted molar refractivity (Wildman–Crippen MR) is 378 cm³/mol. The van der Waals surface area contributed by atoms with E-state index in [2.05, 4.69) is 31.2 Å². The molecule has 10 bridgehead atoms. The minimum Gasteiger partial charge on any atom is -0.508 e. The topological polar surface area (TPSA) is 435 Å². The molecule has 0 unspecified atom stereocenters. The predicted octanol–water partition coefficient (Wildman–Crippen LogP) is 8.25. The largest absolute Gasteiger partial charge is 0.508 e. The molecule has 2 aliphatic heterocycles. The van der Waals surface area contributed by atoms with Crippen LogP contribution in [0.4, 0.5) is 10.6 Å². The maximum Gasteiger partial charge on any atom is 0.415 e. The summed E-state index contributed by atoms with van der Waals surface area (Å²) in [5.74, 6) is -7.33. The molecule has 1 aliphatic carbocycles. The number of aliphatic hydroxyl groups is 2. The number of aromatic hydroxyl groups is 1. The van der Waals surface area contributed by atoms with Crippen LogP contribution in [-0.2, 0) is 35.1 Å². The second kappa shape index (κ2) is 31.6. The number of aliphatic carboxylic acids is 2. The van der Waals surface area contributed by atoms with Crippen molar-refractivity contribution in [1.29, 1.82) is 0 Å². The number of carboxylic acids is 2. The number of carbonyl (C=O) groups excluding carboxylic acids is 7. The molecule has 7 amide bonds. The van der Waals surface area contributed by atoms with Gasteiger partial charge in [0.25, 0.3) is 17.7 Å². The number of nitrogens with one attached hydrogen (secondary N) is 4. The molecular weight excluding hydrogens is 1430 g/mol. The Kier molecular flexibility index (Phi) is 22.3. The Labute approximate surface area is 605 Å². The number of phenolic OH excluding ortho intramolecular Hbond substituents is 1. The first-order valence-corrected chi connectivity index (χ1v) is 37.4. The number of fused-ring (bicyclic) bond motifs is 16. The highest BCUT2D eigenvalue weighted by molar-refractivity contribution is 7.15. The molecule has 0 radical (unpaired) electrons. The Morgan fingerprint density at radius 2 is 1.34 bits per heavy atom. The molecule has 530 valence electrons. The molecular formula is C67H66N14O15S6. The number of pyridine rings is 1. The number of benzene rings is 2. The molecule has 1 saturated heterocycles. The van der Waals surface area contributed by atoms with Gasteiger partial charge in [-0.3, -0.25) is 43.3 Å². The summed E-state index contributed by atoms with van der Waals surface area (Å²) in [6.07, 6.45) is -2.54. The molecule has 2 aromatic carbocycles. The lowest BCUT2D eigenvalue weighted by Gasteiger charge is -2.28. The van der Waals surface area contributed by atoms with Gasteiger partial charge in [-0.2, -0.15) is 0 Å². The molecule has 0 spiro atoms. The van der Waals surface area contributed by atoms with Crippen LogP contribution in [0.15, 0.2) is 93.6 Å². The first-order valence-electron chi connectivity index (χ1n) is 32.2.